The van der Waals surface area contributed by atoms with Gasteiger partial charge >= 0.3 is 0 Å². The van der Waals surface area contributed by atoms with Crippen LogP contribution >= 0.6 is 23.4 Å². The van der Waals surface area contributed by atoms with Gasteiger partial charge in [-0.25, -0.2) is 4.98 Å². The van der Waals surface area contributed by atoms with E-state index >= 15 is 0 Å². The molecule has 0 fully saturated rings. The normalized spacial score (nSPS) is 10.7. The molecule has 1 aromatic heterocycles. The molecule has 0 spiro atoms. The zero-order valence-electron chi connectivity index (χ0n) is 16.4. The third kappa shape index (κ3) is 5.32. The Labute approximate surface area is 169 Å². The molecule has 0 bridgehead atoms. The maximum absolute atomic E-state index is 12.4. The number of unbranched alkanes of at least 4 members (excludes halogenated alkanes) is 1. The zero-order chi connectivity index (χ0) is 20.0. The molecule has 2 aromatic rings. The first-order chi connectivity index (χ1) is 12.9. The largest absolute Gasteiger partial charge is 0.495 e. The average Bonchev–Trinajstić information content (AvgIpc) is 2.92. The van der Waals surface area contributed by atoms with Crippen molar-refractivity contribution < 1.29 is 14.3 Å². The van der Waals surface area contributed by atoms with Gasteiger partial charge in [-0.2, -0.15) is 0 Å². The van der Waals surface area contributed by atoms with Gasteiger partial charge in [0.25, 0.3) is 0 Å². The molecule has 0 aliphatic heterocycles. The van der Waals surface area contributed by atoms with Crippen LogP contribution in [0.4, 0.5) is 5.69 Å². The molecule has 27 heavy (non-hydrogen) atoms. The second kappa shape index (κ2) is 9.90. The summed E-state index contributed by atoms with van der Waals surface area (Å²) in [6.07, 6.45) is 2.19. The number of amides is 1. The molecule has 0 saturated carbocycles. The highest BCUT2D eigenvalue weighted by Gasteiger charge is 2.15. The van der Waals surface area contributed by atoms with Gasteiger partial charge in [-0.05, 0) is 26.3 Å². The van der Waals surface area contributed by atoms with Crippen LogP contribution in [0.2, 0.25) is 5.02 Å². The van der Waals surface area contributed by atoms with Gasteiger partial charge in [-0.1, -0.05) is 36.7 Å². The van der Waals surface area contributed by atoms with E-state index in [2.05, 4.69) is 28.7 Å². The highest BCUT2D eigenvalue weighted by atomic mass is 35.5. The summed E-state index contributed by atoms with van der Waals surface area (Å²) < 4.78 is 12.7. The molecule has 0 atom stereocenters. The fraction of sp³-hybridized carbons (Fsp3) is 0.474. The van der Waals surface area contributed by atoms with E-state index in [0.717, 1.165) is 35.9 Å². The van der Waals surface area contributed by atoms with Crippen molar-refractivity contribution in [2.45, 2.75) is 45.3 Å². The number of imidazole rings is 1. The Balaban J connectivity index is 2.07. The number of hydrogen-bond donors (Lipinski definition) is 1. The predicted octanol–water partition coefficient (Wildman–Crippen LogP) is 4.70. The Bertz CT molecular complexity index is 808. The SMILES string of the molecule is CCCCn1c(SCC(=O)Nc2cc(Cl)c(OC)cc2OC)nc(C)c1C. The molecule has 2 rings (SSSR count). The van der Waals surface area contributed by atoms with E-state index in [0.29, 0.717) is 22.2 Å². The average molecular weight is 412 g/mol. The molecule has 148 valence electrons. The van der Waals surface area contributed by atoms with Crippen LogP contribution in [0.15, 0.2) is 17.3 Å². The van der Waals surface area contributed by atoms with Gasteiger partial charge in [0.1, 0.15) is 11.5 Å². The fourth-order valence-corrected chi connectivity index (χ4v) is 3.75. The van der Waals surface area contributed by atoms with E-state index in [-0.39, 0.29) is 11.7 Å². The molecule has 1 heterocycles. The highest BCUT2D eigenvalue weighted by molar-refractivity contribution is 7.99. The number of nitrogens with zero attached hydrogens (tertiary/aromatic N) is 2. The summed E-state index contributed by atoms with van der Waals surface area (Å²) >= 11 is 7.58. The molecule has 1 aromatic carbocycles. The molecule has 8 heteroatoms. The van der Waals surface area contributed by atoms with Gasteiger partial charge in [0, 0.05) is 18.3 Å². The second-order valence-corrected chi connectivity index (χ2v) is 7.44. The van der Waals surface area contributed by atoms with E-state index in [4.69, 9.17) is 21.1 Å². The number of ether oxygens (including phenoxy) is 2. The lowest BCUT2D eigenvalue weighted by atomic mass is 10.2. The maximum atomic E-state index is 12.4. The number of halogens is 1. The number of rotatable bonds is 9. The number of methoxy groups -OCH3 is 2. The lowest BCUT2D eigenvalue weighted by Crippen LogP contribution is -2.15. The number of carbonyl (C=O) groups excluding carboxylic acids is 1. The number of thioether (sulfide) groups is 1. The lowest BCUT2D eigenvalue weighted by molar-refractivity contribution is -0.113. The predicted molar refractivity (Wildman–Crippen MR) is 111 cm³/mol. The third-order valence-electron chi connectivity index (χ3n) is 4.24. The number of benzene rings is 1. The number of nitrogens with one attached hydrogen (secondary N) is 1. The molecule has 0 radical (unpaired) electrons. The molecule has 0 aliphatic rings. The van der Waals surface area contributed by atoms with E-state index in [9.17, 15) is 4.79 Å². The van der Waals surface area contributed by atoms with Crippen molar-refractivity contribution in [2.75, 3.05) is 25.3 Å². The van der Waals surface area contributed by atoms with Crippen LogP contribution < -0.4 is 14.8 Å². The number of aryl methyl sites for hydroxylation is 1. The van der Waals surface area contributed by atoms with Crippen molar-refractivity contribution in [3.8, 4) is 11.5 Å². The Hall–Kier alpha value is -1.86. The van der Waals surface area contributed by atoms with Gasteiger partial charge in [-0.15, -0.1) is 0 Å². The Morgan fingerprint density at radius 1 is 1.26 bits per heavy atom. The smallest absolute Gasteiger partial charge is 0.234 e. The first kappa shape index (κ1) is 21.4. The summed E-state index contributed by atoms with van der Waals surface area (Å²) in [5, 5.41) is 4.12. The second-order valence-electron chi connectivity index (χ2n) is 6.09. The number of aromatic nitrogens is 2. The number of anilines is 1. The summed E-state index contributed by atoms with van der Waals surface area (Å²) in [6.45, 7) is 7.13. The highest BCUT2D eigenvalue weighted by Crippen LogP contribution is 2.36. The molecule has 0 aliphatic carbocycles. The van der Waals surface area contributed by atoms with E-state index < -0.39 is 0 Å². The van der Waals surface area contributed by atoms with Crippen LogP contribution in [-0.4, -0.2) is 35.4 Å². The van der Waals surface area contributed by atoms with Crippen LogP contribution in [0, 0.1) is 13.8 Å². The Kier molecular flexibility index (Phi) is 7.86. The molecule has 1 N–H and O–H groups in total. The number of carbonyl (C=O) groups is 1. The molecular weight excluding hydrogens is 386 g/mol. The monoisotopic (exact) mass is 411 g/mol. The summed E-state index contributed by atoms with van der Waals surface area (Å²) in [4.78, 5) is 17.0. The van der Waals surface area contributed by atoms with Crippen LogP contribution in [-0.2, 0) is 11.3 Å². The third-order valence-corrected chi connectivity index (χ3v) is 5.51. The minimum Gasteiger partial charge on any atom is -0.495 e. The minimum absolute atomic E-state index is 0.153. The van der Waals surface area contributed by atoms with Crippen LogP contribution in [0.3, 0.4) is 0 Å². The molecule has 0 unspecified atom stereocenters. The maximum Gasteiger partial charge on any atom is 0.234 e. The molecule has 0 saturated heterocycles. The van der Waals surface area contributed by atoms with Crippen molar-refractivity contribution >= 4 is 35.0 Å². The Morgan fingerprint density at radius 3 is 2.59 bits per heavy atom. The number of hydrogen-bond acceptors (Lipinski definition) is 5. The fourth-order valence-electron chi connectivity index (χ4n) is 2.59. The first-order valence-electron chi connectivity index (χ1n) is 8.79. The van der Waals surface area contributed by atoms with Crippen LogP contribution in [0.5, 0.6) is 11.5 Å². The minimum atomic E-state index is -0.153. The van der Waals surface area contributed by atoms with Gasteiger partial charge in [0.05, 0.1) is 36.4 Å². The van der Waals surface area contributed by atoms with Crippen molar-refractivity contribution in [1.29, 1.82) is 0 Å². The van der Waals surface area contributed by atoms with Gasteiger partial charge in [0.2, 0.25) is 5.91 Å². The van der Waals surface area contributed by atoms with Crippen molar-refractivity contribution in [3.63, 3.8) is 0 Å². The molecular formula is C19H26ClN3O3S. The van der Waals surface area contributed by atoms with Gasteiger partial charge in [-0.3, -0.25) is 4.79 Å². The van der Waals surface area contributed by atoms with Crippen molar-refractivity contribution in [1.82, 2.24) is 9.55 Å². The lowest BCUT2D eigenvalue weighted by Gasteiger charge is -2.13. The summed E-state index contributed by atoms with van der Waals surface area (Å²) in [5.41, 5.74) is 2.66. The van der Waals surface area contributed by atoms with E-state index in [1.165, 1.54) is 26.0 Å². The zero-order valence-corrected chi connectivity index (χ0v) is 18.0. The summed E-state index contributed by atoms with van der Waals surface area (Å²) in [5.74, 6) is 1.07. The topological polar surface area (TPSA) is 65.4 Å². The van der Waals surface area contributed by atoms with Crippen LogP contribution in [0.25, 0.3) is 0 Å². The van der Waals surface area contributed by atoms with Crippen molar-refractivity contribution in [3.05, 3.63) is 28.5 Å². The van der Waals surface area contributed by atoms with Crippen LogP contribution in [0.1, 0.15) is 31.2 Å². The van der Waals surface area contributed by atoms with Crippen molar-refractivity contribution in [2.24, 2.45) is 0 Å². The summed E-state index contributed by atoms with van der Waals surface area (Å²) in [6, 6.07) is 3.27. The first-order valence-corrected chi connectivity index (χ1v) is 10.2. The van der Waals surface area contributed by atoms with Gasteiger partial charge in [0.15, 0.2) is 5.16 Å². The van der Waals surface area contributed by atoms with E-state index in [1.54, 1.807) is 12.1 Å². The quantitative estimate of drug-likeness (QED) is 0.606. The Morgan fingerprint density at radius 2 is 1.96 bits per heavy atom. The standard InChI is InChI=1S/C19H26ClN3O3S/c1-6-7-8-23-13(3)12(2)21-19(23)27-11-18(24)22-15-9-14(20)16(25-4)10-17(15)26-5/h9-10H,6-8,11H2,1-5H3,(H,22,24). The van der Waals surface area contributed by atoms with E-state index in [1.807, 2.05) is 6.92 Å². The molecule has 6 nitrogen and oxygen atoms in total. The molecule has 1 amide bonds. The summed E-state index contributed by atoms with van der Waals surface area (Å²) in [7, 11) is 3.06. The van der Waals surface area contributed by atoms with Gasteiger partial charge < -0.3 is 19.4 Å².